The van der Waals surface area contributed by atoms with Gasteiger partial charge in [0, 0.05) is 23.5 Å². The molecular weight excluding hydrogens is 270 g/mol. The van der Waals surface area contributed by atoms with Crippen molar-refractivity contribution in [1.29, 1.82) is 0 Å². The number of guanidine groups is 1. The minimum atomic E-state index is 0.209. The Morgan fingerprint density at radius 3 is 2.60 bits per heavy atom. The molecule has 0 amide bonds. The molecule has 3 nitrogen and oxygen atoms in total. The molecule has 1 aromatic carbocycles. The van der Waals surface area contributed by atoms with Crippen LogP contribution in [-0.4, -0.2) is 25.6 Å². The highest BCUT2D eigenvalue weighted by Gasteiger charge is 2.44. The van der Waals surface area contributed by atoms with E-state index in [9.17, 15) is 0 Å². The van der Waals surface area contributed by atoms with Gasteiger partial charge in [-0.1, -0.05) is 29.8 Å². The SMILES string of the molecule is C=CCNC(=NCC1(c2ccc(Cl)cc2)CC1)NCC. The number of hydrogen-bond acceptors (Lipinski definition) is 1. The smallest absolute Gasteiger partial charge is 0.191 e. The molecule has 108 valence electrons. The van der Waals surface area contributed by atoms with E-state index in [0.29, 0.717) is 0 Å². The van der Waals surface area contributed by atoms with Gasteiger partial charge < -0.3 is 10.6 Å². The molecule has 0 bridgehead atoms. The molecule has 1 aromatic rings. The molecule has 2 rings (SSSR count). The van der Waals surface area contributed by atoms with Crippen LogP contribution in [0.1, 0.15) is 25.3 Å². The summed E-state index contributed by atoms with van der Waals surface area (Å²) in [4.78, 5) is 4.70. The zero-order valence-electron chi connectivity index (χ0n) is 12.0. The first-order chi connectivity index (χ1) is 9.70. The summed E-state index contributed by atoms with van der Waals surface area (Å²) in [5.74, 6) is 0.854. The van der Waals surface area contributed by atoms with Crippen LogP contribution in [0.4, 0.5) is 0 Å². The molecule has 1 fully saturated rings. The minimum Gasteiger partial charge on any atom is -0.357 e. The van der Waals surface area contributed by atoms with Crippen molar-refractivity contribution in [3.63, 3.8) is 0 Å². The number of nitrogens with zero attached hydrogens (tertiary/aromatic N) is 1. The van der Waals surface area contributed by atoms with E-state index in [4.69, 9.17) is 16.6 Å². The molecule has 20 heavy (non-hydrogen) atoms. The Kier molecular flexibility index (Phi) is 5.07. The van der Waals surface area contributed by atoms with E-state index < -0.39 is 0 Å². The van der Waals surface area contributed by atoms with Crippen LogP contribution in [0.2, 0.25) is 5.02 Å². The molecule has 1 aliphatic rings. The molecule has 0 spiro atoms. The normalized spacial score (nSPS) is 16.6. The van der Waals surface area contributed by atoms with E-state index in [1.165, 1.54) is 18.4 Å². The molecule has 0 unspecified atom stereocenters. The van der Waals surface area contributed by atoms with Crippen molar-refractivity contribution in [3.8, 4) is 0 Å². The predicted octanol–water partition coefficient (Wildman–Crippen LogP) is 3.11. The second-order valence-corrected chi connectivity index (χ2v) is 5.59. The first-order valence-corrected chi connectivity index (χ1v) is 7.47. The highest BCUT2D eigenvalue weighted by Crippen LogP contribution is 2.48. The van der Waals surface area contributed by atoms with Crippen LogP contribution in [0.3, 0.4) is 0 Å². The van der Waals surface area contributed by atoms with Gasteiger partial charge in [-0.2, -0.15) is 0 Å². The van der Waals surface area contributed by atoms with Crippen molar-refractivity contribution in [2.75, 3.05) is 19.6 Å². The van der Waals surface area contributed by atoms with E-state index >= 15 is 0 Å². The summed E-state index contributed by atoms with van der Waals surface area (Å²) in [5, 5.41) is 7.27. The summed E-state index contributed by atoms with van der Waals surface area (Å²) < 4.78 is 0. The number of hydrogen-bond donors (Lipinski definition) is 2. The van der Waals surface area contributed by atoms with Crippen molar-refractivity contribution in [2.24, 2.45) is 4.99 Å². The Labute approximate surface area is 126 Å². The van der Waals surface area contributed by atoms with Crippen LogP contribution in [-0.2, 0) is 5.41 Å². The third-order valence-electron chi connectivity index (χ3n) is 3.61. The number of nitrogens with one attached hydrogen (secondary N) is 2. The zero-order chi connectivity index (χ0) is 14.4. The fraction of sp³-hybridized carbons (Fsp3) is 0.438. The topological polar surface area (TPSA) is 36.4 Å². The molecule has 0 aromatic heterocycles. The first kappa shape index (κ1) is 14.9. The van der Waals surface area contributed by atoms with Gasteiger partial charge in [-0.15, -0.1) is 6.58 Å². The fourth-order valence-corrected chi connectivity index (χ4v) is 2.36. The summed E-state index contributed by atoms with van der Waals surface area (Å²) in [6.45, 7) is 8.17. The summed E-state index contributed by atoms with van der Waals surface area (Å²) in [5.41, 5.74) is 1.55. The molecule has 0 radical (unpaired) electrons. The molecular formula is C16H22ClN3. The lowest BCUT2D eigenvalue weighted by atomic mass is 9.96. The monoisotopic (exact) mass is 291 g/mol. The maximum Gasteiger partial charge on any atom is 0.191 e. The maximum absolute atomic E-state index is 5.95. The second-order valence-electron chi connectivity index (χ2n) is 5.15. The largest absolute Gasteiger partial charge is 0.357 e. The average molecular weight is 292 g/mol. The van der Waals surface area contributed by atoms with Crippen molar-refractivity contribution in [1.82, 2.24) is 10.6 Å². The lowest BCUT2D eigenvalue weighted by molar-refractivity contribution is 0.696. The molecule has 1 saturated carbocycles. The van der Waals surface area contributed by atoms with Crippen LogP contribution in [0.25, 0.3) is 0 Å². The van der Waals surface area contributed by atoms with Gasteiger partial charge in [-0.3, -0.25) is 4.99 Å². The molecule has 1 aliphatic carbocycles. The summed E-state index contributed by atoms with van der Waals surface area (Å²) in [6.07, 6.45) is 4.22. The number of aliphatic imine (C=N–C) groups is 1. The third kappa shape index (κ3) is 3.76. The highest BCUT2D eigenvalue weighted by atomic mass is 35.5. The Bertz CT molecular complexity index is 475. The Balaban J connectivity index is 2.03. The molecule has 0 atom stereocenters. The van der Waals surface area contributed by atoms with E-state index in [1.807, 2.05) is 18.2 Å². The van der Waals surface area contributed by atoms with Crippen molar-refractivity contribution in [2.45, 2.75) is 25.2 Å². The van der Waals surface area contributed by atoms with Crippen LogP contribution >= 0.6 is 11.6 Å². The quantitative estimate of drug-likeness (QED) is 0.480. The van der Waals surface area contributed by atoms with Gasteiger partial charge >= 0.3 is 0 Å². The van der Waals surface area contributed by atoms with Gasteiger partial charge in [-0.05, 0) is 37.5 Å². The molecule has 0 saturated heterocycles. The van der Waals surface area contributed by atoms with Crippen LogP contribution < -0.4 is 10.6 Å². The fourth-order valence-electron chi connectivity index (χ4n) is 2.23. The minimum absolute atomic E-state index is 0.209. The molecule has 0 heterocycles. The average Bonchev–Trinajstić information content (AvgIpc) is 3.24. The summed E-state index contributed by atoms with van der Waals surface area (Å²) in [6, 6.07) is 8.16. The second kappa shape index (κ2) is 6.80. The maximum atomic E-state index is 5.95. The van der Waals surface area contributed by atoms with Crippen LogP contribution in [0.15, 0.2) is 41.9 Å². The number of rotatable bonds is 6. The number of halogens is 1. The first-order valence-electron chi connectivity index (χ1n) is 7.09. The van der Waals surface area contributed by atoms with Crippen molar-refractivity contribution >= 4 is 17.6 Å². The summed E-state index contributed by atoms with van der Waals surface area (Å²) in [7, 11) is 0. The Hall–Kier alpha value is -1.48. The van der Waals surface area contributed by atoms with Gasteiger partial charge in [0.05, 0.1) is 6.54 Å². The van der Waals surface area contributed by atoms with E-state index in [2.05, 4.69) is 36.3 Å². The van der Waals surface area contributed by atoms with Gasteiger partial charge in [-0.25, -0.2) is 0 Å². The lowest BCUT2D eigenvalue weighted by Gasteiger charge is -2.15. The van der Waals surface area contributed by atoms with Gasteiger partial charge in [0.25, 0.3) is 0 Å². The standard InChI is InChI=1S/C16H22ClN3/c1-3-11-19-15(18-4-2)20-12-16(9-10-16)13-5-7-14(17)8-6-13/h3,5-8H,1,4,9-12H2,2H3,(H2,18,19,20). The lowest BCUT2D eigenvalue weighted by Crippen LogP contribution is -2.38. The van der Waals surface area contributed by atoms with E-state index in [0.717, 1.165) is 30.6 Å². The van der Waals surface area contributed by atoms with Crippen LogP contribution in [0, 0.1) is 0 Å². The molecule has 4 heteroatoms. The zero-order valence-corrected chi connectivity index (χ0v) is 12.7. The number of benzene rings is 1. The van der Waals surface area contributed by atoms with Gasteiger partial charge in [0.1, 0.15) is 0 Å². The molecule has 0 aliphatic heterocycles. The van der Waals surface area contributed by atoms with Gasteiger partial charge in [0.2, 0.25) is 0 Å². The van der Waals surface area contributed by atoms with Gasteiger partial charge in [0.15, 0.2) is 5.96 Å². The third-order valence-corrected chi connectivity index (χ3v) is 3.86. The van der Waals surface area contributed by atoms with E-state index in [1.54, 1.807) is 0 Å². The van der Waals surface area contributed by atoms with E-state index in [-0.39, 0.29) is 5.41 Å². The van der Waals surface area contributed by atoms with Crippen LogP contribution in [0.5, 0.6) is 0 Å². The van der Waals surface area contributed by atoms with Crippen molar-refractivity contribution in [3.05, 3.63) is 47.5 Å². The Morgan fingerprint density at radius 1 is 1.35 bits per heavy atom. The Morgan fingerprint density at radius 2 is 2.05 bits per heavy atom. The highest BCUT2D eigenvalue weighted by molar-refractivity contribution is 6.30. The summed E-state index contributed by atoms with van der Waals surface area (Å²) >= 11 is 5.95. The predicted molar refractivity (Wildman–Crippen MR) is 86.5 cm³/mol. The van der Waals surface area contributed by atoms with Crippen molar-refractivity contribution < 1.29 is 0 Å². The molecule has 2 N–H and O–H groups in total.